The number of carbonyl (C=O) groups is 1. The zero-order valence-corrected chi connectivity index (χ0v) is 6.99. The van der Waals surface area contributed by atoms with E-state index in [0.29, 0.717) is 0 Å². The van der Waals surface area contributed by atoms with Gasteiger partial charge in [-0.2, -0.15) is 0 Å². The van der Waals surface area contributed by atoms with Crippen molar-refractivity contribution in [2.45, 2.75) is 37.6 Å². The number of carbonyl (C=O) groups excluding carboxylic acids is 1. The maximum atomic E-state index is 10.8. The van der Waals surface area contributed by atoms with Crippen LogP contribution >= 0.6 is 0 Å². The van der Waals surface area contributed by atoms with E-state index in [1.165, 1.54) is 0 Å². The SMILES string of the molecule is CC(=O)[C@@H]1O[C@H](O)[C@H](O)[C@H](O)[C@@H]1O. The van der Waals surface area contributed by atoms with Crippen LogP contribution in [0, 0.1) is 0 Å². The van der Waals surface area contributed by atoms with E-state index in [9.17, 15) is 9.90 Å². The van der Waals surface area contributed by atoms with Crippen LogP contribution in [-0.2, 0) is 9.53 Å². The predicted octanol–water partition coefficient (Wildman–Crippen LogP) is -2.62. The highest BCUT2D eigenvalue weighted by molar-refractivity contribution is 5.81. The molecule has 1 heterocycles. The van der Waals surface area contributed by atoms with Crippen molar-refractivity contribution in [1.82, 2.24) is 0 Å². The molecule has 0 aromatic carbocycles. The number of hydrogen-bond acceptors (Lipinski definition) is 6. The van der Waals surface area contributed by atoms with Crippen molar-refractivity contribution in [2.24, 2.45) is 0 Å². The Balaban J connectivity index is 2.76. The van der Waals surface area contributed by atoms with Gasteiger partial charge in [0.1, 0.15) is 24.4 Å². The highest BCUT2D eigenvalue weighted by Gasteiger charge is 2.44. The lowest BCUT2D eigenvalue weighted by Gasteiger charge is -2.37. The van der Waals surface area contributed by atoms with Gasteiger partial charge in [0.25, 0.3) is 0 Å². The second-order valence-electron chi connectivity index (χ2n) is 3.03. The standard InChI is InChI=1S/C7H12O6/c1-2(8)6-4(10)3(9)5(11)7(12)13-6/h3-7,9-12H,1H3/t3-,4+,5-,6+,7+/m1/s1. The molecule has 0 radical (unpaired) electrons. The topological polar surface area (TPSA) is 107 Å². The summed E-state index contributed by atoms with van der Waals surface area (Å²) in [5.74, 6) is -0.516. The zero-order valence-electron chi connectivity index (χ0n) is 6.99. The quantitative estimate of drug-likeness (QED) is 0.362. The summed E-state index contributed by atoms with van der Waals surface area (Å²) in [6.45, 7) is 1.16. The third-order valence-electron chi connectivity index (χ3n) is 1.99. The summed E-state index contributed by atoms with van der Waals surface area (Å²) in [6.07, 6.45) is -7.60. The largest absolute Gasteiger partial charge is 0.387 e. The van der Waals surface area contributed by atoms with Gasteiger partial charge in [-0.3, -0.25) is 4.79 Å². The first-order chi connectivity index (χ1) is 5.95. The van der Waals surface area contributed by atoms with E-state index >= 15 is 0 Å². The van der Waals surface area contributed by atoms with Crippen molar-refractivity contribution >= 4 is 5.78 Å². The molecule has 6 heteroatoms. The molecule has 0 aliphatic carbocycles. The fraction of sp³-hybridized carbons (Fsp3) is 0.857. The molecule has 0 amide bonds. The van der Waals surface area contributed by atoms with Gasteiger partial charge in [0.15, 0.2) is 12.1 Å². The molecule has 4 N–H and O–H groups in total. The molecule has 1 aliphatic rings. The van der Waals surface area contributed by atoms with Crippen molar-refractivity contribution in [3.8, 4) is 0 Å². The molecule has 0 unspecified atom stereocenters. The van der Waals surface area contributed by atoms with Gasteiger partial charge in [-0.15, -0.1) is 0 Å². The van der Waals surface area contributed by atoms with E-state index in [1.54, 1.807) is 0 Å². The Morgan fingerprint density at radius 1 is 1.08 bits per heavy atom. The lowest BCUT2D eigenvalue weighted by Crippen LogP contribution is -2.59. The Labute approximate surface area is 74.4 Å². The molecular formula is C7H12O6. The summed E-state index contributed by atoms with van der Waals surface area (Å²) in [5.41, 5.74) is 0. The fourth-order valence-electron chi connectivity index (χ4n) is 1.20. The maximum absolute atomic E-state index is 10.8. The number of rotatable bonds is 1. The molecule has 0 bridgehead atoms. The molecular weight excluding hydrogens is 180 g/mol. The molecule has 1 aliphatic heterocycles. The van der Waals surface area contributed by atoms with Gasteiger partial charge in [-0.1, -0.05) is 0 Å². The first-order valence-electron chi connectivity index (χ1n) is 3.83. The number of aliphatic hydroxyl groups is 4. The Morgan fingerprint density at radius 2 is 1.62 bits per heavy atom. The van der Waals surface area contributed by atoms with E-state index < -0.39 is 36.5 Å². The normalized spacial score (nSPS) is 46.1. The molecule has 5 atom stereocenters. The van der Waals surface area contributed by atoms with E-state index in [1.807, 2.05) is 0 Å². The third kappa shape index (κ3) is 1.87. The van der Waals surface area contributed by atoms with Crippen LogP contribution in [0.5, 0.6) is 0 Å². The second-order valence-corrected chi connectivity index (χ2v) is 3.03. The maximum Gasteiger partial charge on any atom is 0.184 e. The summed E-state index contributed by atoms with van der Waals surface area (Å²) in [7, 11) is 0. The van der Waals surface area contributed by atoms with Crippen LogP contribution in [0.15, 0.2) is 0 Å². The number of hydrogen-bond donors (Lipinski definition) is 4. The molecule has 6 nitrogen and oxygen atoms in total. The highest BCUT2D eigenvalue weighted by Crippen LogP contribution is 2.20. The Morgan fingerprint density at radius 3 is 2.08 bits per heavy atom. The zero-order chi connectivity index (χ0) is 10.2. The molecule has 76 valence electrons. The van der Waals surface area contributed by atoms with Gasteiger partial charge in [0, 0.05) is 0 Å². The number of ketones is 1. The second kappa shape index (κ2) is 3.69. The van der Waals surface area contributed by atoms with Crippen LogP contribution in [0.4, 0.5) is 0 Å². The van der Waals surface area contributed by atoms with Crippen molar-refractivity contribution < 1.29 is 30.0 Å². The highest BCUT2D eigenvalue weighted by atomic mass is 16.6. The molecule has 0 spiro atoms. The van der Waals surface area contributed by atoms with Gasteiger partial charge in [-0.05, 0) is 6.92 Å². The van der Waals surface area contributed by atoms with Crippen molar-refractivity contribution in [2.75, 3.05) is 0 Å². The van der Waals surface area contributed by atoms with Crippen molar-refractivity contribution in [3.05, 3.63) is 0 Å². The first-order valence-corrected chi connectivity index (χ1v) is 3.83. The molecule has 0 saturated carbocycles. The van der Waals surface area contributed by atoms with E-state index in [4.69, 9.17) is 15.3 Å². The fourth-order valence-corrected chi connectivity index (χ4v) is 1.20. The first kappa shape index (κ1) is 10.6. The van der Waals surface area contributed by atoms with Crippen molar-refractivity contribution in [3.63, 3.8) is 0 Å². The van der Waals surface area contributed by atoms with Crippen LogP contribution in [0.1, 0.15) is 6.92 Å². The number of aliphatic hydroxyl groups excluding tert-OH is 4. The molecule has 0 aromatic rings. The monoisotopic (exact) mass is 192 g/mol. The predicted molar refractivity (Wildman–Crippen MR) is 39.6 cm³/mol. The van der Waals surface area contributed by atoms with Crippen LogP contribution in [0.25, 0.3) is 0 Å². The summed E-state index contributed by atoms with van der Waals surface area (Å²) < 4.78 is 4.59. The average molecular weight is 192 g/mol. The van der Waals surface area contributed by atoms with E-state index in [-0.39, 0.29) is 0 Å². The van der Waals surface area contributed by atoms with Crippen LogP contribution in [-0.4, -0.2) is 56.9 Å². The minimum atomic E-state index is -1.65. The summed E-state index contributed by atoms with van der Waals surface area (Å²) in [4.78, 5) is 10.8. The molecule has 0 aromatic heterocycles. The molecule has 1 rings (SSSR count). The molecule has 1 fully saturated rings. The lowest BCUT2D eigenvalue weighted by molar-refractivity contribution is -0.274. The van der Waals surface area contributed by atoms with E-state index in [2.05, 4.69) is 4.74 Å². The Bertz CT molecular complexity index is 205. The van der Waals surface area contributed by atoms with Gasteiger partial charge in [0.05, 0.1) is 0 Å². The van der Waals surface area contributed by atoms with Crippen LogP contribution in [0.2, 0.25) is 0 Å². The Kier molecular flexibility index (Phi) is 2.99. The summed E-state index contributed by atoms with van der Waals surface area (Å²) in [5, 5.41) is 36.4. The van der Waals surface area contributed by atoms with Gasteiger partial charge >= 0.3 is 0 Å². The average Bonchev–Trinajstić information content (AvgIpc) is 2.07. The minimum Gasteiger partial charge on any atom is -0.387 e. The van der Waals surface area contributed by atoms with Gasteiger partial charge in [-0.25, -0.2) is 0 Å². The van der Waals surface area contributed by atoms with Crippen LogP contribution in [0.3, 0.4) is 0 Å². The van der Waals surface area contributed by atoms with Crippen LogP contribution < -0.4 is 0 Å². The Hall–Kier alpha value is -0.530. The summed E-state index contributed by atoms with van der Waals surface area (Å²) in [6, 6.07) is 0. The number of Topliss-reactive ketones (excluding diaryl/α,β-unsaturated/α-hetero) is 1. The summed E-state index contributed by atoms with van der Waals surface area (Å²) >= 11 is 0. The third-order valence-corrected chi connectivity index (χ3v) is 1.99. The lowest BCUT2D eigenvalue weighted by atomic mass is 9.97. The molecule has 13 heavy (non-hydrogen) atoms. The molecule has 1 saturated heterocycles. The van der Waals surface area contributed by atoms with E-state index in [0.717, 1.165) is 6.92 Å². The van der Waals surface area contributed by atoms with Gasteiger partial charge in [0.2, 0.25) is 0 Å². The van der Waals surface area contributed by atoms with Crippen molar-refractivity contribution in [1.29, 1.82) is 0 Å². The number of ether oxygens (including phenoxy) is 1. The minimum absolute atomic E-state index is 0.516. The smallest absolute Gasteiger partial charge is 0.184 e. The van der Waals surface area contributed by atoms with Gasteiger partial charge < -0.3 is 25.2 Å².